The molecule has 5 rings (SSSR count). The van der Waals surface area contributed by atoms with Gasteiger partial charge in [-0.3, -0.25) is 4.79 Å². The molecule has 9 heteroatoms. The van der Waals surface area contributed by atoms with Crippen molar-refractivity contribution in [1.82, 2.24) is 15.1 Å². The molecule has 6 nitrogen and oxygen atoms in total. The van der Waals surface area contributed by atoms with E-state index in [1.54, 1.807) is 0 Å². The number of halogens is 1. The third-order valence-electron chi connectivity index (χ3n) is 6.48. The summed E-state index contributed by atoms with van der Waals surface area (Å²) in [5.74, 6) is 0.0471. The first-order valence-corrected chi connectivity index (χ1v) is 12.7. The maximum absolute atomic E-state index is 13.4. The van der Waals surface area contributed by atoms with E-state index in [0.29, 0.717) is 5.02 Å². The van der Waals surface area contributed by atoms with Gasteiger partial charge in [-0.05, 0) is 43.7 Å². The largest absolute Gasteiger partial charge is 0.376 e. The average molecular weight is 477 g/mol. The van der Waals surface area contributed by atoms with E-state index in [2.05, 4.69) is 21.6 Å². The number of carbonyl (C=O) groups excluding carboxylic acids is 1. The van der Waals surface area contributed by atoms with Crippen molar-refractivity contribution in [1.29, 1.82) is 0 Å². The Bertz CT molecular complexity index is 1020. The number of benzene rings is 1. The van der Waals surface area contributed by atoms with Gasteiger partial charge in [0.1, 0.15) is 0 Å². The van der Waals surface area contributed by atoms with Crippen LogP contribution >= 0.6 is 34.7 Å². The molecule has 1 aliphatic carbocycles. The first-order valence-electron chi connectivity index (χ1n) is 10.7. The molecule has 1 saturated heterocycles. The minimum Gasteiger partial charge on any atom is -0.376 e. The fourth-order valence-corrected chi connectivity index (χ4v) is 7.27. The number of rotatable bonds is 6. The molecule has 0 unspecified atom stereocenters. The van der Waals surface area contributed by atoms with Crippen LogP contribution in [-0.4, -0.2) is 47.3 Å². The molecule has 0 radical (unpaired) electrons. The van der Waals surface area contributed by atoms with Gasteiger partial charge in [-0.1, -0.05) is 59.3 Å². The monoisotopic (exact) mass is 476 g/mol. The molecule has 0 spiro atoms. The van der Waals surface area contributed by atoms with Crippen LogP contribution in [0.5, 0.6) is 0 Å². The normalized spacial score (nSPS) is 25.9. The molecule has 0 bridgehead atoms. The first-order chi connectivity index (χ1) is 15.1. The van der Waals surface area contributed by atoms with E-state index in [1.807, 2.05) is 30.1 Å². The van der Waals surface area contributed by atoms with Crippen molar-refractivity contribution < 1.29 is 9.53 Å². The number of hydrogen-bond donors (Lipinski definition) is 1. The fourth-order valence-electron chi connectivity index (χ4n) is 4.96. The predicted octanol–water partition coefficient (Wildman–Crippen LogP) is 5.07. The lowest BCUT2D eigenvalue weighted by atomic mass is 9.73. The Balaban J connectivity index is 1.42. The second-order valence-corrected chi connectivity index (χ2v) is 10.9. The van der Waals surface area contributed by atoms with E-state index in [4.69, 9.17) is 16.3 Å². The fraction of sp³-hybridized carbons (Fsp3) is 0.500. The van der Waals surface area contributed by atoms with Gasteiger partial charge in [0, 0.05) is 30.8 Å². The summed E-state index contributed by atoms with van der Waals surface area (Å²) in [6, 6.07) is 7.91. The summed E-state index contributed by atoms with van der Waals surface area (Å²) in [5.41, 5.74) is 1.74. The number of anilines is 1. The average Bonchev–Trinajstić information content (AvgIpc) is 3.51. The van der Waals surface area contributed by atoms with Crippen LogP contribution in [0.2, 0.25) is 5.02 Å². The van der Waals surface area contributed by atoms with E-state index >= 15 is 0 Å². The Labute approximate surface area is 195 Å². The Hall–Kier alpha value is -1.61. The molecular formula is C22H25ClN4O2S2. The maximum atomic E-state index is 13.4. The standard InChI is InChI=1S/C22H25ClN4O2S2/c1-27-19(28)18(30-21-26-25-20(31-21)24-13-14-7-6-12-29-14)16-9-4-5-11-22(16,27)15-8-2-3-10-17(15)23/h2-3,8,10,14H,4-7,9,11-13H2,1H3,(H,24,25)/t14-,22+/m0/s1. The lowest BCUT2D eigenvalue weighted by Gasteiger charge is -2.42. The second kappa shape index (κ2) is 8.73. The SMILES string of the molecule is CN1C(=O)C(Sc2nnc(NC[C@@H]3CCCO3)s2)=C2CCCC[C@@]21c1ccccc1Cl. The Morgan fingerprint density at radius 1 is 1.32 bits per heavy atom. The van der Waals surface area contributed by atoms with Crippen LogP contribution in [0.1, 0.15) is 44.1 Å². The number of ether oxygens (including phenoxy) is 1. The summed E-state index contributed by atoms with van der Waals surface area (Å²) in [7, 11) is 1.90. The Morgan fingerprint density at radius 2 is 2.19 bits per heavy atom. The quantitative estimate of drug-likeness (QED) is 0.627. The van der Waals surface area contributed by atoms with Crippen molar-refractivity contribution in [2.24, 2.45) is 0 Å². The van der Waals surface area contributed by atoms with Gasteiger partial charge in [0.25, 0.3) is 5.91 Å². The van der Waals surface area contributed by atoms with Gasteiger partial charge in [0.15, 0.2) is 4.34 Å². The van der Waals surface area contributed by atoms with Crippen LogP contribution in [0.15, 0.2) is 39.1 Å². The number of likely N-dealkylation sites (N-methyl/N-ethyl adjacent to an activating group) is 1. The third-order valence-corrected chi connectivity index (χ3v) is 8.87. The van der Waals surface area contributed by atoms with Gasteiger partial charge in [-0.25, -0.2) is 0 Å². The van der Waals surface area contributed by atoms with Gasteiger partial charge >= 0.3 is 0 Å². The van der Waals surface area contributed by atoms with E-state index < -0.39 is 5.54 Å². The van der Waals surface area contributed by atoms with Gasteiger partial charge < -0.3 is 15.0 Å². The van der Waals surface area contributed by atoms with Gasteiger partial charge in [-0.15, -0.1) is 10.2 Å². The van der Waals surface area contributed by atoms with E-state index in [-0.39, 0.29) is 12.0 Å². The molecule has 31 heavy (non-hydrogen) atoms. The molecule has 2 aliphatic heterocycles. The van der Waals surface area contributed by atoms with Crippen LogP contribution in [0.25, 0.3) is 0 Å². The Kier molecular flexibility index (Phi) is 5.98. The van der Waals surface area contributed by atoms with Crippen LogP contribution in [0, 0.1) is 0 Å². The minimum atomic E-state index is -0.457. The number of hydrogen-bond acceptors (Lipinski definition) is 7. The molecule has 3 heterocycles. The number of fused-ring (bicyclic) bond motifs is 1. The van der Waals surface area contributed by atoms with Gasteiger partial charge in [-0.2, -0.15) is 0 Å². The molecule has 3 aliphatic rings. The molecule has 2 aromatic rings. The summed E-state index contributed by atoms with van der Waals surface area (Å²) in [5, 5.41) is 13.4. The highest BCUT2D eigenvalue weighted by atomic mass is 35.5. The zero-order valence-corrected chi connectivity index (χ0v) is 19.8. The number of carbonyl (C=O) groups is 1. The van der Waals surface area contributed by atoms with Crippen molar-refractivity contribution in [2.75, 3.05) is 25.5 Å². The first kappa shape index (κ1) is 21.2. The van der Waals surface area contributed by atoms with Crippen LogP contribution in [0.3, 0.4) is 0 Å². The molecule has 1 aromatic heterocycles. The van der Waals surface area contributed by atoms with Crippen molar-refractivity contribution in [3.05, 3.63) is 45.3 Å². The predicted molar refractivity (Wildman–Crippen MR) is 125 cm³/mol. The van der Waals surface area contributed by atoms with Crippen LogP contribution in [0.4, 0.5) is 5.13 Å². The van der Waals surface area contributed by atoms with Crippen molar-refractivity contribution >= 4 is 45.7 Å². The topological polar surface area (TPSA) is 67.4 Å². The highest BCUT2D eigenvalue weighted by Crippen LogP contribution is 2.55. The number of thioether (sulfide) groups is 1. The summed E-state index contributed by atoms with van der Waals surface area (Å²) >= 11 is 9.56. The molecule has 2 atom stereocenters. The van der Waals surface area contributed by atoms with Crippen LogP contribution in [-0.2, 0) is 15.1 Å². The van der Waals surface area contributed by atoms with Crippen molar-refractivity contribution in [3.63, 3.8) is 0 Å². The van der Waals surface area contributed by atoms with E-state index in [0.717, 1.165) is 71.6 Å². The molecule has 1 saturated carbocycles. The van der Waals surface area contributed by atoms with E-state index in [9.17, 15) is 4.79 Å². The smallest absolute Gasteiger partial charge is 0.261 e. The summed E-state index contributed by atoms with van der Waals surface area (Å²) in [6.45, 7) is 1.58. The second-order valence-electron chi connectivity index (χ2n) is 8.21. The van der Waals surface area contributed by atoms with Gasteiger partial charge in [0.05, 0.1) is 16.5 Å². The van der Waals surface area contributed by atoms with Crippen molar-refractivity contribution in [2.45, 2.75) is 54.5 Å². The minimum absolute atomic E-state index is 0.0471. The zero-order chi connectivity index (χ0) is 21.4. The molecule has 2 fully saturated rings. The highest BCUT2D eigenvalue weighted by Gasteiger charge is 2.52. The van der Waals surface area contributed by atoms with Crippen molar-refractivity contribution in [3.8, 4) is 0 Å². The summed E-state index contributed by atoms with van der Waals surface area (Å²) < 4.78 is 6.43. The molecule has 1 amide bonds. The zero-order valence-electron chi connectivity index (χ0n) is 17.4. The number of nitrogens with zero attached hydrogens (tertiary/aromatic N) is 3. The lowest BCUT2D eigenvalue weighted by molar-refractivity contribution is -0.128. The summed E-state index contributed by atoms with van der Waals surface area (Å²) in [4.78, 5) is 16.1. The third kappa shape index (κ3) is 3.77. The number of amides is 1. The summed E-state index contributed by atoms with van der Waals surface area (Å²) in [6.07, 6.45) is 6.37. The number of nitrogens with one attached hydrogen (secondary N) is 1. The lowest BCUT2D eigenvalue weighted by Crippen LogP contribution is -2.44. The van der Waals surface area contributed by atoms with Crippen LogP contribution < -0.4 is 5.32 Å². The number of aromatic nitrogens is 2. The molecule has 1 N–H and O–H groups in total. The highest BCUT2D eigenvalue weighted by molar-refractivity contribution is 8.05. The Morgan fingerprint density at radius 3 is 3.00 bits per heavy atom. The van der Waals surface area contributed by atoms with Gasteiger partial charge in [0.2, 0.25) is 5.13 Å². The maximum Gasteiger partial charge on any atom is 0.261 e. The molecule has 164 valence electrons. The molecular weight excluding hydrogens is 452 g/mol. The van der Waals surface area contributed by atoms with E-state index in [1.165, 1.54) is 28.7 Å². The molecule has 1 aromatic carbocycles.